The molecule has 2 aliphatic rings. The number of fused-ring (bicyclic) bond motifs is 2. The van der Waals surface area contributed by atoms with Crippen LogP contribution in [0.5, 0.6) is 0 Å². The van der Waals surface area contributed by atoms with E-state index in [4.69, 9.17) is 4.74 Å². The molecule has 1 heterocycles. The van der Waals surface area contributed by atoms with Crippen LogP contribution in [0.25, 0.3) is 11.1 Å². The van der Waals surface area contributed by atoms with Crippen molar-refractivity contribution in [2.75, 3.05) is 0 Å². The Morgan fingerprint density at radius 1 is 0.759 bits per heavy atom. The molecule has 2 atom stereocenters. The average Bonchev–Trinajstić information content (AvgIpc) is 3.17. The molecular formula is C28H22O. The molecule has 0 saturated carbocycles. The van der Waals surface area contributed by atoms with Crippen LogP contribution in [0.3, 0.4) is 0 Å². The fraction of sp³-hybridized carbons (Fsp3) is 0.143. The van der Waals surface area contributed by atoms with Gasteiger partial charge in [0.25, 0.3) is 0 Å². The Morgan fingerprint density at radius 3 is 2.24 bits per heavy atom. The maximum absolute atomic E-state index is 6.86. The smallest absolute Gasteiger partial charge is 0.130 e. The summed E-state index contributed by atoms with van der Waals surface area (Å²) in [5.41, 5.74) is 10.0. The van der Waals surface area contributed by atoms with E-state index in [1.807, 2.05) is 0 Å². The zero-order valence-corrected chi connectivity index (χ0v) is 16.4. The fourth-order valence-corrected chi connectivity index (χ4v) is 5.47. The molecule has 0 unspecified atom stereocenters. The number of hydrogen-bond donors (Lipinski definition) is 0. The molecule has 1 aliphatic heterocycles. The SMILES string of the molecule is Cc1ccc2c3c1-c1ccccc1[C@@H](c1ccccc1)[C@@]3(c1ccccc1)OC2. The van der Waals surface area contributed by atoms with Crippen LogP contribution in [0.1, 0.15) is 39.3 Å². The minimum atomic E-state index is -0.506. The van der Waals surface area contributed by atoms with Gasteiger partial charge in [-0.1, -0.05) is 97.1 Å². The molecule has 1 heteroatoms. The number of ether oxygens (including phenoxy) is 1. The molecule has 0 bridgehead atoms. The Kier molecular flexibility index (Phi) is 3.57. The summed E-state index contributed by atoms with van der Waals surface area (Å²) < 4.78 is 6.86. The van der Waals surface area contributed by atoms with Gasteiger partial charge in [0.2, 0.25) is 0 Å². The lowest BCUT2D eigenvalue weighted by molar-refractivity contribution is -0.0184. The summed E-state index contributed by atoms with van der Waals surface area (Å²) >= 11 is 0. The van der Waals surface area contributed by atoms with Gasteiger partial charge in [0.15, 0.2) is 0 Å². The van der Waals surface area contributed by atoms with Crippen LogP contribution in [0, 0.1) is 6.92 Å². The van der Waals surface area contributed by atoms with E-state index in [-0.39, 0.29) is 5.92 Å². The number of benzene rings is 4. The number of aryl methyl sites for hydroxylation is 1. The van der Waals surface area contributed by atoms with E-state index in [2.05, 4.69) is 104 Å². The van der Waals surface area contributed by atoms with Crippen molar-refractivity contribution >= 4 is 0 Å². The van der Waals surface area contributed by atoms with E-state index in [1.165, 1.54) is 44.5 Å². The lowest BCUT2D eigenvalue weighted by Gasteiger charge is -2.44. The topological polar surface area (TPSA) is 9.23 Å². The third-order valence-corrected chi connectivity index (χ3v) is 6.61. The normalized spacial score (nSPS) is 21.5. The Labute approximate surface area is 171 Å². The monoisotopic (exact) mass is 374 g/mol. The van der Waals surface area contributed by atoms with Gasteiger partial charge in [0.05, 0.1) is 6.61 Å². The molecule has 4 aromatic rings. The van der Waals surface area contributed by atoms with Crippen LogP contribution in [0.15, 0.2) is 97.1 Å². The molecule has 0 N–H and O–H groups in total. The van der Waals surface area contributed by atoms with Gasteiger partial charge in [-0.3, -0.25) is 0 Å². The third-order valence-electron chi connectivity index (χ3n) is 6.61. The third kappa shape index (κ3) is 2.19. The summed E-state index contributed by atoms with van der Waals surface area (Å²) in [4.78, 5) is 0. The van der Waals surface area contributed by atoms with Gasteiger partial charge in [0, 0.05) is 11.5 Å². The van der Waals surface area contributed by atoms with E-state index in [1.54, 1.807) is 0 Å². The Bertz CT molecular complexity index is 1210. The maximum Gasteiger partial charge on any atom is 0.130 e. The molecule has 1 nitrogen and oxygen atoms in total. The minimum Gasteiger partial charge on any atom is -0.360 e. The quantitative estimate of drug-likeness (QED) is 0.385. The molecule has 4 aromatic carbocycles. The van der Waals surface area contributed by atoms with Crippen molar-refractivity contribution in [3.63, 3.8) is 0 Å². The fourth-order valence-electron chi connectivity index (χ4n) is 5.47. The molecule has 29 heavy (non-hydrogen) atoms. The van der Waals surface area contributed by atoms with Crippen LogP contribution in [-0.4, -0.2) is 0 Å². The van der Waals surface area contributed by atoms with E-state index in [0.29, 0.717) is 6.61 Å². The second-order valence-electron chi connectivity index (χ2n) is 8.11. The van der Waals surface area contributed by atoms with Crippen LogP contribution in [0.4, 0.5) is 0 Å². The Morgan fingerprint density at radius 2 is 1.45 bits per heavy atom. The summed E-state index contributed by atoms with van der Waals surface area (Å²) in [5, 5.41) is 0. The van der Waals surface area contributed by atoms with Crippen molar-refractivity contribution in [3.8, 4) is 11.1 Å². The summed E-state index contributed by atoms with van der Waals surface area (Å²) in [6.45, 7) is 2.87. The molecule has 0 amide bonds. The highest BCUT2D eigenvalue weighted by Crippen LogP contribution is 2.61. The van der Waals surface area contributed by atoms with Crippen LogP contribution in [0.2, 0.25) is 0 Å². The Hall–Kier alpha value is -3.16. The first-order valence-electron chi connectivity index (χ1n) is 10.3. The lowest BCUT2D eigenvalue weighted by atomic mass is 9.62. The predicted molar refractivity (Wildman–Crippen MR) is 117 cm³/mol. The average molecular weight is 374 g/mol. The first-order chi connectivity index (χ1) is 14.3. The van der Waals surface area contributed by atoms with Gasteiger partial charge in [-0.05, 0) is 45.9 Å². The van der Waals surface area contributed by atoms with Crippen molar-refractivity contribution in [3.05, 3.63) is 130 Å². The van der Waals surface area contributed by atoms with Crippen LogP contribution in [-0.2, 0) is 16.9 Å². The van der Waals surface area contributed by atoms with Gasteiger partial charge in [-0.15, -0.1) is 0 Å². The van der Waals surface area contributed by atoms with E-state index >= 15 is 0 Å². The van der Waals surface area contributed by atoms with Crippen LogP contribution < -0.4 is 0 Å². The van der Waals surface area contributed by atoms with Gasteiger partial charge >= 0.3 is 0 Å². The molecular weight excluding hydrogens is 352 g/mol. The molecule has 140 valence electrons. The standard InChI is InChI=1S/C28H22O/c1-19-16-17-21-18-29-28(22-12-6-3-7-13-22)26(20-10-4-2-5-11-20)24-15-9-8-14-23(24)25(19)27(21)28/h2-17,26H,18H2,1H3/t26-,28-/m1/s1. The van der Waals surface area contributed by atoms with Crippen LogP contribution >= 0.6 is 0 Å². The highest BCUT2D eigenvalue weighted by Gasteiger charge is 2.54. The maximum atomic E-state index is 6.86. The minimum absolute atomic E-state index is 0.109. The lowest BCUT2D eigenvalue weighted by Crippen LogP contribution is -2.38. The van der Waals surface area contributed by atoms with E-state index < -0.39 is 5.60 Å². The largest absolute Gasteiger partial charge is 0.360 e. The number of hydrogen-bond acceptors (Lipinski definition) is 1. The second-order valence-corrected chi connectivity index (χ2v) is 8.11. The summed E-state index contributed by atoms with van der Waals surface area (Å²) in [5.74, 6) is 0.109. The van der Waals surface area contributed by atoms with Crippen molar-refractivity contribution < 1.29 is 4.74 Å². The predicted octanol–water partition coefficient (Wildman–Crippen LogP) is 6.58. The molecule has 0 fully saturated rings. The van der Waals surface area contributed by atoms with Gasteiger partial charge in [0.1, 0.15) is 5.60 Å². The second kappa shape index (κ2) is 6.17. The molecule has 0 aromatic heterocycles. The summed E-state index contributed by atoms with van der Waals surface area (Å²) in [7, 11) is 0. The Balaban J connectivity index is 1.79. The first-order valence-corrected chi connectivity index (χ1v) is 10.3. The molecule has 6 rings (SSSR count). The first kappa shape index (κ1) is 16.8. The van der Waals surface area contributed by atoms with Gasteiger partial charge < -0.3 is 4.74 Å². The van der Waals surface area contributed by atoms with Crippen molar-refractivity contribution in [1.29, 1.82) is 0 Å². The highest BCUT2D eigenvalue weighted by atomic mass is 16.5. The molecule has 0 radical (unpaired) electrons. The van der Waals surface area contributed by atoms with Gasteiger partial charge in [-0.2, -0.15) is 0 Å². The highest BCUT2D eigenvalue weighted by molar-refractivity contribution is 5.82. The summed E-state index contributed by atoms with van der Waals surface area (Å²) in [6.07, 6.45) is 0. The van der Waals surface area contributed by atoms with E-state index in [9.17, 15) is 0 Å². The zero-order valence-electron chi connectivity index (χ0n) is 16.4. The summed E-state index contributed by atoms with van der Waals surface area (Å²) in [6, 6.07) is 35.0. The molecule has 0 saturated heterocycles. The van der Waals surface area contributed by atoms with E-state index in [0.717, 1.165) is 0 Å². The number of rotatable bonds is 2. The van der Waals surface area contributed by atoms with Crippen molar-refractivity contribution in [1.82, 2.24) is 0 Å². The molecule has 1 aliphatic carbocycles. The van der Waals surface area contributed by atoms with Crippen molar-refractivity contribution in [2.45, 2.75) is 25.0 Å². The molecule has 0 spiro atoms. The van der Waals surface area contributed by atoms with Crippen molar-refractivity contribution in [2.24, 2.45) is 0 Å². The van der Waals surface area contributed by atoms with Gasteiger partial charge in [-0.25, -0.2) is 0 Å². The zero-order chi connectivity index (χ0) is 19.4.